The predicted octanol–water partition coefficient (Wildman–Crippen LogP) is 1.37. The molecule has 1 heterocycles. The second kappa shape index (κ2) is 5.56. The number of hydrogen-bond acceptors (Lipinski definition) is 3. The van der Waals surface area contributed by atoms with Gasteiger partial charge in [0.2, 0.25) is 0 Å². The van der Waals surface area contributed by atoms with Crippen molar-refractivity contribution in [3.8, 4) is 12.3 Å². The molecule has 1 aromatic heterocycles. The van der Waals surface area contributed by atoms with Crippen LogP contribution in [0.25, 0.3) is 0 Å². The third-order valence-corrected chi connectivity index (χ3v) is 2.66. The number of halogens is 1. The van der Waals surface area contributed by atoms with Crippen molar-refractivity contribution < 1.29 is 0 Å². The second-order valence-electron chi connectivity index (χ2n) is 3.04. The normalized spacial score (nSPS) is 9.67. The van der Waals surface area contributed by atoms with Crippen LogP contribution in [0, 0.1) is 12.3 Å². The topological polar surface area (TPSA) is 46.9 Å². The van der Waals surface area contributed by atoms with Crippen LogP contribution in [0.4, 0.5) is 5.69 Å². The number of rotatable bonds is 4. The standard InChI is InChI=1S/C10H12BrN3O/c1-3-4-5-6-12-8-7-13-14(2)10(15)9(8)11/h1,7,12H,4-6H2,2H3. The van der Waals surface area contributed by atoms with E-state index in [4.69, 9.17) is 6.42 Å². The van der Waals surface area contributed by atoms with Crippen molar-refractivity contribution in [1.29, 1.82) is 0 Å². The van der Waals surface area contributed by atoms with E-state index in [0.717, 1.165) is 19.4 Å². The van der Waals surface area contributed by atoms with Crippen molar-refractivity contribution in [2.45, 2.75) is 12.8 Å². The summed E-state index contributed by atoms with van der Waals surface area (Å²) in [5.74, 6) is 2.56. The summed E-state index contributed by atoms with van der Waals surface area (Å²) in [6, 6.07) is 0. The summed E-state index contributed by atoms with van der Waals surface area (Å²) < 4.78 is 1.78. The van der Waals surface area contributed by atoms with E-state index in [1.165, 1.54) is 4.68 Å². The number of aryl methyl sites for hydroxylation is 1. The fourth-order valence-electron chi connectivity index (χ4n) is 1.05. The van der Waals surface area contributed by atoms with E-state index < -0.39 is 0 Å². The summed E-state index contributed by atoms with van der Waals surface area (Å²) in [5, 5.41) is 7.01. The first kappa shape index (κ1) is 11.8. The van der Waals surface area contributed by atoms with Crippen LogP contribution in [0.3, 0.4) is 0 Å². The highest BCUT2D eigenvalue weighted by Crippen LogP contribution is 2.15. The Hall–Kier alpha value is -1.28. The van der Waals surface area contributed by atoms with E-state index in [1.54, 1.807) is 13.2 Å². The van der Waals surface area contributed by atoms with Gasteiger partial charge in [0.25, 0.3) is 5.56 Å². The molecule has 0 fully saturated rings. The summed E-state index contributed by atoms with van der Waals surface area (Å²) in [5.41, 5.74) is 0.548. The molecule has 0 spiro atoms. The number of terminal acetylenes is 1. The van der Waals surface area contributed by atoms with Gasteiger partial charge in [0.1, 0.15) is 4.47 Å². The molecule has 0 unspecified atom stereocenters. The Balaban J connectivity index is 2.67. The molecule has 1 N–H and O–H groups in total. The van der Waals surface area contributed by atoms with E-state index in [1.807, 2.05) is 0 Å². The predicted molar refractivity (Wildman–Crippen MR) is 63.7 cm³/mol. The van der Waals surface area contributed by atoms with Crippen molar-refractivity contribution in [3.05, 3.63) is 21.0 Å². The van der Waals surface area contributed by atoms with Gasteiger partial charge in [-0.15, -0.1) is 12.3 Å². The summed E-state index contributed by atoms with van der Waals surface area (Å²) in [6.45, 7) is 0.734. The van der Waals surface area contributed by atoms with Crippen LogP contribution >= 0.6 is 15.9 Å². The number of nitrogens with zero attached hydrogens (tertiary/aromatic N) is 2. The molecule has 0 saturated heterocycles. The molecule has 0 aromatic carbocycles. The molecule has 4 nitrogen and oxygen atoms in total. The highest BCUT2D eigenvalue weighted by molar-refractivity contribution is 9.10. The maximum Gasteiger partial charge on any atom is 0.282 e. The Morgan fingerprint density at radius 2 is 2.47 bits per heavy atom. The van der Waals surface area contributed by atoms with Crippen LogP contribution in [0.15, 0.2) is 15.5 Å². The summed E-state index contributed by atoms with van der Waals surface area (Å²) in [6.07, 6.45) is 8.34. The Kier molecular flexibility index (Phi) is 4.37. The van der Waals surface area contributed by atoms with Gasteiger partial charge in [-0.05, 0) is 22.4 Å². The number of anilines is 1. The maximum atomic E-state index is 11.5. The van der Waals surface area contributed by atoms with E-state index in [-0.39, 0.29) is 5.56 Å². The lowest BCUT2D eigenvalue weighted by Gasteiger charge is -2.07. The van der Waals surface area contributed by atoms with E-state index in [9.17, 15) is 4.79 Å². The first-order chi connectivity index (χ1) is 7.16. The monoisotopic (exact) mass is 269 g/mol. The van der Waals surface area contributed by atoms with E-state index in [0.29, 0.717) is 10.2 Å². The van der Waals surface area contributed by atoms with Gasteiger partial charge in [0.05, 0.1) is 11.9 Å². The molecule has 0 aliphatic heterocycles. The lowest BCUT2D eigenvalue weighted by atomic mass is 10.3. The molecule has 0 aliphatic rings. The fraction of sp³-hybridized carbons (Fsp3) is 0.400. The van der Waals surface area contributed by atoms with Crippen LogP contribution in [0.5, 0.6) is 0 Å². The summed E-state index contributed by atoms with van der Waals surface area (Å²) in [7, 11) is 1.61. The smallest absolute Gasteiger partial charge is 0.282 e. The van der Waals surface area contributed by atoms with Gasteiger partial charge in [-0.1, -0.05) is 0 Å². The Bertz CT molecular complexity index is 433. The lowest BCUT2D eigenvalue weighted by Crippen LogP contribution is -2.21. The fourth-order valence-corrected chi connectivity index (χ4v) is 1.55. The minimum Gasteiger partial charge on any atom is -0.383 e. The van der Waals surface area contributed by atoms with Crippen molar-refractivity contribution in [3.63, 3.8) is 0 Å². The molecule has 0 bridgehead atoms. The van der Waals surface area contributed by atoms with Crippen molar-refractivity contribution in [2.24, 2.45) is 7.05 Å². The maximum absolute atomic E-state index is 11.5. The first-order valence-electron chi connectivity index (χ1n) is 4.56. The highest BCUT2D eigenvalue weighted by atomic mass is 79.9. The molecular weight excluding hydrogens is 258 g/mol. The first-order valence-corrected chi connectivity index (χ1v) is 5.35. The molecule has 0 saturated carbocycles. The zero-order chi connectivity index (χ0) is 11.3. The molecule has 5 heteroatoms. The zero-order valence-electron chi connectivity index (χ0n) is 8.46. The van der Waals surface area contributed by atoms with Gasteiger partial charge in [0.15, 0.2) is 0 Å². The van der Waals surface area contributed by atoms with Gasteiger partial charge in [-0.3, -0.25) is 4.79 Å². The van der Waals surface area contributed by atoms with Gasteiger partial charge in [-0.2, -0.15) is 5.10 Å². The molecule has 0 amide bonds. The second-order valence-corrected chi connectivity index (χ2v) is 3.83. The number of unbranched alkanes of at least 4 members (excludes halogenated alkanes) is 1. The van der Waals surface area contributed by atoms with Crippen molar-refractivity contribution in [2.75, 3.05) is 11.9 Å². The summed E-state index contributed by atoms with van der Waals surface area (Å²) >= 11 is 3.22. The van der Waals surface area contributed by atoms with E-state index in [2.05, 4.69) is 32.3 Å². The zero-order valence-corrected chi connectivity index (χ0v) is 10.0. The van der Waals surface area contributed by atoms with E-state index >= 15 is 0 Å². The third-order valence-electron chi connectivity index (χ3n) is 1.89. The van der Waals surface area contributed by atoms with Crippen LogP contribution in [0.1, 0.15) is 12.8 Å². The molecule has 1 aromatic rings. The van der Waals surface area contributed by atoms with Crippen LogP contribution < -0.4 is 10.9 Å². The minimum atomic E-state index is -0.156. The lowest BCUT2D eigenvalue weighted by molar-refractivity contribution is 0.702. The van der Waals surface area contributed by atoms with Gasteiger partial charge < -0.3 is 5.32 Å². The van der Waals surface area contributed by atoms with Crippen LogP contribution in [0.2, 0.25) is 0 Å². The van der Waals surface area contributed by atoms with Gasteiger partial charge >= 0.3 is 0 Å². The van der Waals surface area contributed by atoms with Gasteiger partial charge in [0, 0.05) is 20.0 Å². The largest absolute Gasteiger partial charge is 0.383 e. The van der Waals surface area contributed by atoms with Crippen LogP contribution in [-0.2, 0) is 7.05 Å². The molecule has 1 rings (SSSR count). The minimum absolute atomic E-state index is 0.156. The van der Waals surface area contributed by atoms with Crippen molar-refractivity contribution in [1.82, 2.24) is 9.78 Å². The number of hydrogen-bond donors (Lipinski definition) is 1. The average Bonchev–Trinajstić information content (AvgIpc) is 2.24. The average molecular weight is 270 g/mol. The number of aromatic nitrogens is 2. The Morgan fingerprint density at radius 3 is 3.13 bits per heavy atom. The Morgan fingerprint density at radius 1 is 1.73 bits per heavy atom. The number of nitrogens with one attached hydrogen (secondary N) is 1. The van der Waals surface area contributed by atoms with Crippen molar-refractivity contribution >= 4 is 21.6 Å². The third kappa shape index (κ3) is 3.10. The summed E-state index contributed by atoms with van der Waals surface area (Å²) in [4.78, 5) is 11.5. The van der Waals surface area contributed by atoms with Crippen LogP contribution in [-0.4, -0.2) is 16.3 Å². The molecule has 0 radical (unpaired) electrons. The van der Waals surface area contributed by atoms with Gasteiger partial charge in [-0.25, -0.2) is 4.68 Å². The molecule has 80 valence electrons. The molecular formula is C10H12BrN3O. The quantitative estimate of drug-likeness (QED) is 0.664. The molecule has 0 aliphatic carbocycles. The molecule has 15 heavy (non-hydrogen) atoms. The SMILES string of the molecule is C#CCCCNc1cnn(C)c(=O)c1Br. The Labute approximate surface area is 96.8 Å². The molecule has 0 atom stereocenters. The highest BCUT2D eigenvalue weighted by Gasteiger charge is 2.05.